The van der Waals surface area contributed by atoms with Crippen LogP contribution in [0.4, 0.5) is 0 Å². The third-order valence-corrected chi connectivity index (χ3v) is 6.22. The van der Waals surface area contributed by atoms with E-state index in [0.717, 1.165) is 43.1 Å². The summed E-state index contributed by atoms with van der Waals surface area (Å²) in [6, 6.07) is 17.5. The van der Waals surface area contributed by atoms with Crippen molar-refractivity contribution < 1.29 is 14.6 Å². The Bertz CT molecular complexity index is 783. The quantitative estimate of drug-likeness (QED) is 0.742. The van der Waals surface area contributed by atoms with Gasteiger partial charge >= 0.3 is 0 Å². The Hall–Kier alpha value is -2.08. The van der Waals surface area contributed by atoms with E-state index >= 15 is 0 Å². The average Bonchev–Trinajstić information content (AvgIpc) is 3.21. The number of ether oxygens (including phenoxy) is 2. The molecule has 29 heavy (non-hydrogen) atoms. The molecule has 2 heterocycles. The van der Waals surface area contributed by atoms with E-state index in [1.165, 1.54) is 24.9 Å². The van der Waals surface area contributed by atoms with Crippen molar-refractivity contribution >= 4 is 0 Å². The number of benzene rings is 2. The minimum absolute atomic E-state index is 0.244. The number of aliphatic hydroxyl groups is 1. The van der Waals surface area contributed by atoms with Gasteiger partial charge < -0.3 is 14.6 Å². The molecule has 4 rings (SSSR count). The number of hydrogen-bond acceptors (Lipinski definition) is 5. The minimum atomic E-state index is 0.244. The second kappa shape index (κ2) is 9.61. The molecule has 156 valence electrons. The molecular weight excluding hydrogens is 364 g/mol. The van der Waals surface area contributed by atoms with E-state index in [1.807, 2.05) is 24.3 Å². The van der Waals surface area contributed by atoms with Crippen LogP contribution in [0.2, 0.25) is 0 Å². The van der Waals surface area contributed by atoms with Gasteiger partial charge in [-0.25, -0.2) is 0 Å². The van der Waals surface area contributed by atoms with Crippen LogP contribution < -0.4 is 9.47 Å². The van der Waals surface area contributed by atoms with E-state index < -0.39 is 0 Å². The maximum atomic E-state index is 9.55. The molecule has 2 saturated heterocycles. The SMILES string of the molecule is COc1ccc(CN2C[C@H]3CCCN3C[C@@H]2CCO)cc1OCc1ccccc1. The van der Waals surface area contributed by atoms with E-state index in [-0.39, 0.29) is 6.61 Å². The summed E-state index contributed by atoms with van der Waals surface area (Å²) in [4.78, 5) is 5.16. The number of methoxy groups -OCH3 is 1. The third kappa shape index (κ3) is 4.92. The molecule has 2 fully saturated rings. The molecule has 2 aromatic rings. The Morgan fingerprint density at radius 3 is 2.69 bits per heavy atom. The zero-order valence-electron chi connectivity index (χ0n) is 17.3. The van der Waals surface area contributed by atoms with Crippen molar-refractivity contribution in [3.8, 4) is 11.5 Å². The Morgan fingerprint density at radius 1 is 1.03 bits per heavy atom. The maximum Gasteiger partial charge on any atom is 0.161 e. The summed E-state index contributed by atoms with van der Waals surface area (Å²) in [6.45, 7) is 5.00. The summed E-state index contributed by atoms with van der Waals surface area (Å²) in [5.74, 6) is 1.55. The Balaban J connectivity index is 1.47. The normalized spacial score (nSPS) is 22.4. The minimum Gasteiger partial charge on any atom is -0.493 e. The standard InChI is InChI=1S/C24H32N2O3/c1-28-23-10-9-20(14-24(23)29-18-19-6-3-2-4-7-19)15-26-17-21-8-5-12-25(21)16-22(26)11-13-27/h2-4,6-7,9-10,14,21-22,27H,5,8,11-13,15-18H2,1H3/t21-,22+/m1/s1. The second-order valence-corrected chi connectivity index (χ2v) is 8.15. The van der Waals surface area contributed by atoms with Crippen LogP contribution in [0.3, 0.4) is 0 Å². The predicted molar refractivity (Wildman–Crippen MR) is 114 cm³/mol. The van der Waals surface area contributed by atoms with E-state index in [2.05, 4.69) is 34.1 Å². The zero-order valence-corrected chi connectivity index (χ0v) is 17.3. The summed E-state index contributed by atoms with van der Waals surface area (Å²) in [5.41, 5.74) is 2.36. The highest BCUT2D eigenvalue weighted by atomic mass is 16.5. The molecule has 0 spiro atoms. The van der Waals surface area contributed by atoms with Gasteiger partial charge in [-0.15, -0.1) is 0 Å². The fourth-order valence-electron chi connectivity index (χ4n) is 4.67. The van der Waals surface area contributed by atoms with Crippen molar-refractivity contribution in [1.82, 2.24) is 9.80 Å². The third-order valence-electron chi connectivity index (χ3n) is 6.22. The highest BCUT2D eigenvalue weighted by molar-refractivity contribution is 5.43. The molecule has 0 aliphatic carbocycles. The molecule has 1 N–H and O–H groups in total. The fourth-order valence-corrected chi connectivity index (χ4v) is 4.67. The first-order valence-corrected chi connectivity index (χ1v) is 10.7. The number of hydrogen-bond donors (Lipinski definition) is 1. The summed E-state index contributed by atoms with van der Waals surface area (Å²) >= 11 is 0. The van der Waals surface area contributed by atoms with Crippen molar-refractivity contribution in [3.05, 3.63) is 59.7 Å². The van der Waals surface area contributed by atoms with Gasteiger partial charge in [0, 0.05) is 38.3 Å². The lowest BCUT2D eigenvalue weighted by Gasteiger charge is -2.43. The Labute approximate surface area is 173 Å². The van der Waals surface area contributed by atoms with E-state index in [0.29, 0.717) is 18.7 Å². The Morgan fingerprint density at radius 2 is 1.90 bits per heavy atom. The lowest BCUT2D eigenvalue weighted by molar-refractivity contribution is 0.0333. The lowest BCUT2D eigenvalue weighted by Crippen LogP contribution is -2.55. The second-order valence-electron chi connectivity index (χ2n) is 8.15. The van der Waals surface area contributed by atoms with Gasteiger partial charge in [-0.05, 0) is 49.1 Å². The lowest BCUT2D eigenvalue weighted by atomic mass is 10.0. The van der Waals surface area contributed by atoms with E-state index in [4.69, 9.17) is 9.47 Å². The van der Waals surface area contributed by atoms with Crippen LogP contribution in [-0.4, -0.2) is 60.3 Å². The summed E-state index contributed by atoms with van der Waals surface area (Å²) in [6.07, 6.45) is 3.41. The summed E-state index contributed by atoms with van der Waals surface area (Å²) in [7, 11) is 1.68. The molecule has 0 radical (unpaired) electrons. The smallest absolute Gasteiger partial charge is 0.161 e. The molecule has 2 aliphatic rings. The van der Waals surface area contributed by atoms with Gasteiger partial charge in [-0.1, -0.05) is 36.4 Å². The molecule has 0 bridgehead atoms. The van der Waals surface area contributed by atoms with Crippen LogP contribution >= 0.6 is 0 Å². The monoisotopic (exact) mass is 396 g/mol. The van der Waals surface area contributed by atoms with Crippen molar-refractivity contribution in [1.29, 1.82) is 0 Å². The first-order valence-electron chi connectivity index (χ1n) is 10.7. The molecule has 5 nitrogen and oxygen atoms in total. The van der Waals surface area contributed by atoms with Crippen molar-refractivity contribution in [2.45, 2.75) is 44.5 Å². The van der Waals surface area contributed by atoms with Crippen LogP contribution in [0.5, 0.6) is 11.5 Å². The molecule has 0 unspecified atom stereocenters. The number of aliphatic hydroxyl groups excluding tert-OH is 1. The number of fused-ring (bicyclic) bond motifs is 1. The van der Waals surface area contributed by atoms with Crippen molar-refractivity contribution in [2.24, 2.45) is 0 Å². The highest BCUT2D eigenvalue weighted by Crippen LogP contribution is 2.31. The van der Waals surface area contributed by atoms with Crippen molar-refractivity contribution in [2.75, 3.05) is 33.4 Å². The molecule has 2 aliphatic heterocycles. The van der Waals surface area contributed by atoms with Gasteiger partial charge in [0.2, 0.25) is 0 Å². The van der Waals surface area contributed by atoms with Crippen LogP contribution in [0, 0.1) is 0 Å². The summed E-state index contributed by atoms with van der Waals surface area (Å²) < 4.78 is 11.6. The van der Waals surface area contributed by atoms with E-state index in [1.54, 1.807) is 7.11 Å². The fraction of sp³-hybridized carbons (Fsp3) is 0.500. The predicted octanol–water partition coefficient (Wildman–Crippen LogP) is 3.31. The zero-order chi connectivity index (χ0) is 20.1. The largest absolute Gasteiger partial charge is 0.493 e. The van der Waals surface area contributed by atoms with Crippen LogP contribution in [-0.2, 0) is 13.2 Å². The number of rotatable bonds is 8. The van der Waals surface area contributed by atoms with Gasteiger partial charge in [-0.2, -0.15) is 0 Å². The summed E-state index contributed by atoms with van der Waals surface area (Å²) in [5, 5.41) is 9.55. The molecular formula is C24H32N2O3. The number of nitrogens with zero attached hydrogens (tertiary/aromatic N) is 2. The first-order chi connectivity index (χ1) is 14.3. The van der Waals surface area contributed by atoms with Gasteiger partial charge in [0.25, 0.3) is 0 Å². The molecule has 0 aromatic heterocycles. The maximum absolute atomic E-state index is 9.55. The molecule has 0 saturated carbocycles. The van der Waals surface area contributed by atoms with Crippen LogP contribution in [0.25, 0.3) is 0 Å². The Kier molecular flexibility index (Phi) is 6.70. The average molecular weight is 397 g/mol. The highest BCUT2D eigenvalue weighted by Gasteiger charge is 2.35. The molecule has 2 atom stereocenters. The van der Waals surface area contributed by atoms with Gasteiger partial charge in [-0.3, -0.25) is 9.80 Å². The molecule has 5 heteroatoms. The molecule has 0 amide bonds. The topological polar surface area (TPSA) is 45.2 Å². The van der Waals surface area contributed by atoms with Gasteiger partial charge in [0.1, 0.15) is 6.61 Å². The van der Waals surface area contributed by atoms with Crippen molar-refractivity contribution in [3.63, 3.8) is 0 Å². The first kappa shape index (κ1) is 20.2. The van der Waals surface area contributed by atoms with E-state index in [9.17, 15) is 5.11 Å². The molecule has 2 aromatic carbocycles. The van der Waals surface area contributed by atoms with Gasteiger partial charge in [0.15, 0.2) is 11.5 Å². The number of piperazine rings is 1. The van der Waals surface area contributed by atoms with Gasteiger partial charge in [0.05, 0.1) is 7.11 Å². The van der Waals surface area contributed by atoms with Crippen LogP contribution in [0.1, 0.15) is 30.4 Å². The van der Waals surface area contributed by atoms with Crippen LogP contribution in [0.15, 0.2) is 48.5 Å².